The fraction of sp³-hybridized carbons (Fsp3) is 0.500. The number of rotatable bonds is 7. The highest BCUT2D eigenvalue weighted by Crippen LogP contribution is 2.30. The standard InChI is InChI=1S/C20H26F3N5OS.HI/c1-24-19(25-8-7-18-26-17(15-30-18)20(21,22)23)28-11-9-27(10-12-28)13-14-29-16-5-3-2-4-6-16;/h2-6,15H,7-14H2,1H3,(H,24,25);1H. The van der Waals surface area contributed by atoms with E-state index in [9.17, 15) is 13.2 Å². The molecule has 2 aromatic rings. The number of hydrogen-bond acceptors (Lipinski definition) is 5. The number of hydrogen-bond donors (Lipinski definition) is 1. The van der Waals surface area contributed by atoms with Gasteiger partial charge in [0.2, 0.25) is 0 Å². The number of benzene rings is 1. The molecule has 0 bridgehead atoms. The van der Waals surface area contributed by atoms with Crippen LogP contribution < -0.4 is 10.1 Å². The molecular weight excluding hydrogens is 542 g/mol. The molecule has 6 nitrogen and oxygen atoms in total. The minimum Gasteiger partial charge on any atom is -0.492 e. The second kappa shape index (κ2) is 12.4. The van der Waals surface area contributed by atoms with Crippen LogP contribution in [0.1, 0.15) is 10.7 Å². The van der Waals surface area contributed by atoms with Gasteiger partial charge in [-0.25, -0.2) is 4.98 Å². The zero-order valence-electron chi connectivity index (χ0n) is 17.3. The highest BCUT2D eigenvalue weighted by molar-refractivity contribution is 14.0. The van der Waals surface area contributed by atoms with Crippen molar-refractivity contribution in [3.63, 3.8) is 0 Å². The van der Waals surface area contributed by atoms with E-state index in [2.05, 4.69) is 25.1 Å². The minimum absolute atomic E-state index is 0. The van der Waals surface area contributed by atoms with Crippen molar-refractivity contribution >= 4 is 41.3 Å². The lowest BCUT2D eigenvalue weighted by Crippen LogP contribution is -2.53. The SMILES string of the molecule is CN=C(NCCc1nc(C(F)(F)F)cs1)N1CCN(CCOc2ccccc2)CC1.I. The summed E-state index contributed by atoms with van der Waals surface area (Å²) < 4.78 is 43.7. The number of piperazine rings is 1. The first-order valence-corrected chi connectivity index (χ1v) is 10.7. The number of halogens is 4. The van der Waals surface area contributed by atoms with Crippen molar-refractivity contribution in [2.24, 2.45) is 4.99 Å². The number of nitrogens with zero attached hydrogens (tertiary/aromatic N) is 4. The second-order valence-electron chi connectivity index (χ2n) is 6.84. The highest BCUT2D eigenvalue weighted by Gasteiger charge is 2.33. The van der Waals surface area contributed by atoms with Gasteiger partial charge in [-0.05, 0) is 12.1 Å². The van der Waals surface area contributed by atoms with Crippen LogP contribution in [-0.2, 0) is 12.6 Å². The van der Waals surface area contributed by atoms with Gasteiger partial charge >= 0.3 is 6.18 Å². The van der Waals surface area contributed by atoms with E-state index in [1.807, 2.05) is 30.3 Å². The maximum atomic E-state index is 12.6. The second-order valence-corrected chi connectivity index (χ2v) is 7.78. The molecule has 1 aromatic carbocycles. The summed E-state index contributed by atoms with van der Waals surface area (Å²) in [4.78, 5) is 12.5. The normalized spacial score (nSPS) is 15.5. The maximum Gasteiger partial charge on any atom is 0.434 e. The van der Waals surface area contributed by atoms with E-state index in [0.29, 0.717) is 24.6 Å². The predicted octanol–water partition coefficient (Wildman–Crippen LogP) is 3.59. The first-order valence-electron chi connectivity index (χ1n) is 9.83. The van der Waals surface area contributed by atoms with E-state index < -0.39 is 11.9 Å². The van der Waals surface area contributed by atoms with E-state index in [4.69, 9.17) is 4.74 Å². The summed E-state index contributed by atoms with van der Waals surface area (Å²) in [5.41, 5.74) is -0.820. The van der Waals surface area contributed by atoms with Crippen LogP contribution in [0.3, 0.4) is 0 Å². The molecule has 2 heterocycles. The van der Waals surface area contributed by atoms with Crippen LogP contribution in [0.5, 0.6) is 5.75 Å². The van der Waals surface area contributed by atoms with Crippen LogP contribution in [0.2, 0.25) is 0 Å². The number of alkyl halides is 3. The Hall–Kier alpha value is -1.60. The van der Waals surface area contributed by atoms with Gasteiger partial charge in [0, 0.05) is 58.1 Å². The fourth-order valence-electron chi connectivity index (χ4n) is 3.16. The van der Waals surface area contributed by atoms with Gasteiger partial charge in [0.15, 0.2) is 11.7 Å². The summed E-state index contributed by atoms with van der Waals surface area (Å²) in [6, 6.07) is 9.77. The smallest absolute Gasteiger partial charge is 0.434 e. The molecule has 0 atom stereocenters. The number of para-hydroxylation sites is 1. The van der Waals surface area contributed by atoms with E-state index in [1.165, 1.54) is 0 Å². The molecular formula is C20H27F3IN5OS. The Morgan fingerprint density at radius 2 is 1.90 bits per heavy atom. The van der Waals surface area contributed by atoms with Crippen molar-refractivity contribution in [3.8, 4) is 5.75 Å². The molecule has 172 valence electrons. The van der Waals surface area contributed by atoms with Gasteiger partial charge in [-0.1, -0.05) is 18.2 Å². The number of nitrogens with one attached hydrogen (secondary N) is 1. The predicted molar refractivity (Wildman–Crippen MR) is 128 cm³/mol. The Morgan fingerprint density at radius 1 is 1.19 bits per heavy atom. The molecule has 0 unspecified atom stereocenters. The average Bonchev–Trinajstić information content (AvgIpc) is 3.22. The zero-order chi connectivity index (χ0) is 21.4. The van der Waals surface area contributed by atoms with Crippen LogP contribution in [0.15, 0.2) is 40.7 Å². The van der Waals surface area contributed by atoms with Crippen molar-refractivity contribution in [2.75, 3.05) is 52.9 Å². The number of aliphatic imine (C=N–C) groups is 1. The monoisotopic (exact) mass is 569 g/mol. The van der Waals surface area contributed by atoms with Gasteiger partial charge < -0.3 is 15.0 Å². The number of aromatic nitrogens is 1. The van der Waals surface area contributed by atoms with Gasteiger partial charge in [0.1, 0.15) is 12.4 Å². The van der Waals surface area contributed by atoms with Gasteiger partial charge in [-0.15, -0.1) is 35.3 Å². The van der Waals surface area contributed by atoms with E-state index in [-0.39, 0.29) is 24.0 Å². The lowest BCUT2D eigenvalue weighted by atomic mass is 10.3. The van der Waals surface area contributed by atoms with Crippen molar-refractivity contribution < 1.29 is 17.9 Å². The van der Waals surface area contributed by atoms with Crippen LogP contribution in [0.4, 0.5) is 13.2 Å². The molecule has 3 rings (SSSR count). The topological polar surface area (TPSA) is 53.0 Å². The third-order valence-electron chi connectivity index (χ3n) is 4.77. The Labute approximate surface area is 201 Å². The number of ether oxygens (including phenoxy) is 1. The zero-order valence-corrected chi connectivity index (χ0v) is 20.4. The maximum absolute atomic E-state index is 12.6. The molecule has 0 aliphatic carbocycles. The Bertz CT molecular complexity index is 811. The molecule has 1 fully saturated rings. The fourth-order valence-corrected chi connectivity index (χ4v) is 3.97. The molecule has 1 aliphatic rings. The van der Waals surface area contributed by atoms with E-state index >= 15 is 0 Å². The van der Waals surface area contributed by atoms with Crippen molar-refractivity contribution in [2.45, 2.75) is 12.6 Å². The lowest BCUT2D eigenvalue weighted by Gasteiger charge is -2.36. The van der Waals surface area contributed by atoms with Crippen LogP contribution >= 0.6 is 35.3 Å². The molecule has 1 N–H and O–H groups in total. The van der Waals surface area contributed by atoms with Crippen LogP contribution in [0.25, 0.3) is 0 Å². The van der Waals surface area contributed by atoms with Crippen molar-refractivity contribution in [1.82, 2.24) is 20.1 Å². The molecule has 1 aromatic heterocycles. The molecule has 1 saturated heterocycles. The molecule has 0 spiro atoms. The van der Waals surface area contributed by atoms with Crippen LogP contribution in [-0.4, -0.2) is 73.7 Å². The Kier molecular flexibility index (Phi) is 10.3. The average molecular weight is 569 g/mol. The summed E-state index contributed by atoms with van der Waals surface area (Å²) in [5.74, 6) is 1.64. The van der Waals surface area contributed by atoms with E-state index in [0.717, 1.165) is 61.1 Å². The molecule has 0 amide bonds. The highest BCUT2D eigenvalue weighted by atomic mass is 127. The van der Waals surface area contributed by atoms with Crippen molar-refractivity contribution in [3.05, 3.63) is 46.4 Å². The molecule has 0 radical (unpaired) electrons. The summed E-state index contributed by atoms with van der Waals surface area (Å²) in [6.45, 7) is 5.47. The van der Waals surface area contributed by atoms with Gasteiger partial charge in [0.05, 0.1) is 5.01 Å². The number of guanidine groups is 1. The summed E-state index contributed by atoms with van der Waals surface area (Å²) in [7, 11) is 1.72. The first-order chi connectivity index (χ1) is 14.5. The van der Waals surface area contributed by atoms with Gasteiger partial charge in [0.25, 0.3) is 0 Å². The van der Waals surface area contributed by atoms with Crippen LogP contribution in [0, 0.1) is 0 Å². The minimum atomic E-state index is -4.38. The third kappa shape index (κ3) is 8.11. The number of thiazole rings is 1. The largest absolute Gasteiger partial charge is 0.492 e. The molecule has 1 aliphatic heterocycles. The van der Waals surface area contributed by atoms with Crippen molar-refractivity contribution in [1.29, 1.82) is 0 Å². The molecule has 11 heteroatoms. The Balaban J connectivity index is 0.00000341. The Morgan fingerprint density at radius 3 is 2.52 bits per heavy atom. The first kappa shape index (κ1) is 25.7. The summed E-state index contributed by atoms with van der Waals surface area (Å²) in [6.07, 6.45) is -3.96. The summed E-state index contributed by atoms with van der Waals surface area (Å²) in [5, 5.41) is 4.76. The molecule has 0 saturated carbocycles. The quantitative estimate of drug-likeness (QED) is 0.314. The lowest BCUT2D eigenvalue weighted by molar-refractivity contribution is -0.140. The van der Waals surface area contributed by atoms with Gasteiger partial charge in [-0.3, -0.25) is 9.89 Å². The summed E-state index contributed by atoms with van der Waals surface area (Å²) >= 11 is 1.03. The van der Waals surface area contributed by atoms with Gasteiger partial charge in [-0.2, -0.15) is 13.2 Å². The third-order valence-corrected chi connectivity index (χ3v) is 5.68. The van der Waals surface area contributed by atoms with E-state index in [1.54, 1.807) is 7.05 Å². The molecule has 31 heavy (non-hydrogen) atoms.